The van der Waals surface area contributed by atoms with Crippen LogP contribution in [0.4, 0.5) is 13.2 Å². The molecule has 3 rings (SSSR count). The Morgan fingerprint density at radius 1 is 1.21 bits per heavy atom. The molecule has 0 fully saturated rings. The van der Waals surface area contributed by atoms with Crippen LogP contribution in [0.1, 0.15) is 16.7 Å². The first-order valence-corrected chi connectivity index (χ1v) is 8.30. The van der Waals surface area contributed by atoms with Gasteiger partial charge in [0, 0.05) is 29.6 Å². The van der Waals surface area contributed by atoms with Crippen LogP contribution in [0.3, 0.4) is 0 Å². The average molecular weight is 403 g/mol. The van der Waals surface area contributed by atoms with Crippen molar-refractivity contribution in [3.63, 3.8) is 0 Å². The quantitative estimate of drug-likeness (QED) is 0.660. The van der Waals surface area contributed by atoms with Crippen molar-refractivity contribution in [3.8, 4) is 17.3 Å². The zero-order valence-corrected chi connectivity index (χ0v) is 15.4. The van der Waals surface area contributed by atoms with E-state index in [4.69, 9.17) is 10.5 Å². The summed E-state index contributed by atoms with van der Waals surface area (Å²) in [4.78, 5) is 19.9. The van der Waals surface area contributed by atoms with Crippen molar-refractivity contribution in [2.45, 2.75) is 13.1 Å². The van der Waals surface area contributed by atoms with Gasteiger partial charge in [-0.2, -0.15) is 13.2 Å². The van der Waals surface area contributed by atoms with Crippen LogP contribution in [0.15, 0.2) is 42.9 Å². The Kier molecular flexibility index (Phi) is 5.35. The van der Waals surface area contributed by atoms with E-state index in [0.29, 0.717) is 17.0 Å². The summed E-state index contributed by atoms with van der Waals surface area (Å²) < 4.78 is 45.3. The number of aromatic nitrogens is 4. The van der Waals surface area contributed by atoms with Gasteiger partial charge in [0.2, 0.25) is 5.88 Å². The second kappa shape index (κ2) is 7.74. The first-order valence-electron chi connectivity index (χ1n) is 8.30. The number of alkyl halides is 3. The van der Waals surface area contributed by atoms with Crippen molar-refractivity contribution in [2.75, 3.05) is 7.11 Å². The van der Waals surface area contributed by atoms with Crippen LogP contribution < -0.4 is 10.5 Å². The number of nitrogens with two attached hydrogens (primary N) is 1. The van der Waals surface area contributed by atoms with Crippen LogP contribution in [-0.2, 0) is 11.0 Å². The van der Waals surface area contributed by atoms with Gasteiger partial charge in [0.1, 0.15) is 6.33 Å². The third-order valence-electron chi connectivity index (χ3n) is 3.95. The van der Waals surface area contributed by atoms with Gasteiger partial charge in [0.05, 0.1) is 18.2 Å². The molecule has 0 atom stereocenters. The maximum absolute atomic E-state index is 13.0. The van der Waals surface area contributed by atoms with E-state index in [1.54, 1.807) is 25.1 Å². The highest BCUT2D eigenvalue weighted by molar-refractivity contribution is 6.22. The number of carbonyl (C=O) groups excluding carboxylic acids is 1. The zero-order valence-electron chi connectivity index (χ0n) is 15.4. The molecule has 0 saturated carbocycles. The molecule has 0 bridgehead atoms. The van der Waals surface area contributed by atoms with Crippen molar-refractivity contribution in [1.82, 2.24) is 19.7 Å². The molecular weight excluding hydrogens is 387 g/mol. The highest BCUT2D eigenvalue weighted by Crippen LogP contribution is 2.32. The van der Waals surface area contributed by atoms with Gasteiger partial charge in [-0.3, -0.25) is 4.79 Å². The molecule has 150 valence electrons. The SMILES string of the molecule is COc1ccc(/C(=C\n2cnc(-c3cc(C)cc(C(F)(F)F)c3)n2)C(N)=O)cn1. The van der Waals surface area contributed by atoms with Gasteiger partial charge in [-0.05, 0) is 36.8 Å². The summed E-state index contributed by atoms with van der Waals surface area (Å²) in [6.45, 7) is 1.55. The van der Waals surface area contributed by atoms with Crippen LogP contribution >= 0.6 is 0 Å². The normalized spacial score (nSPS) is 12.1. The molecule has 0 radical (unpaired) electrons. The Morgan fingerprint density at radius 3 is 2.55 bits per heavy atom. The molecule has 7 nitrogen and oxygen atoms in total. The molecule has 0 aliphatic heterocycles. The van der Waals surface area contributed by atoms with Crippen LogP contribution in [0.25, 0.3) is 23.2 Å². The van der Waals surface area contributed by atoms with Crippen molar-refractivity contribution in [2.24, 2.45) is 5.73 Å². The molecule has 1 amide bonds. The zero-order chi connectivity index (χ0) is 21.2. The first kappa shape index (κ1) is 20.1. The van der Waals surface area contributed by atoms with Gasteiger partial charge >= 0.3 is 6.18 Å². The minimum Gasteiger partial charge on any atom is -0.481 e. The molecular formula is C19H16F3N5O2. The molecule has 0 unspecified atom stereocenters. The summed E-state index contributed by atoms with van der Waals surface area (Å²) in [7, 11) is 1.46. The van der Waals surface area contributed by atoms with E-state index in [1.807, 2.05) is 0 Å². The van der Waals surface area contributed by atoms with E-state index in [0.717, 1.165) is 12.1 Å². The Hall–Kier alpha value is -3.69. The highest BCUT2D eigenvalue weighted by Gasteiger charge is 2.31. The fourth-order valence-electron chi connectivity index (χ4n) is 2.62. The number of amides is 1. The molecule has 10 heteroatoms. The minimum atomic E-state index is -4.48. The monoisotopic (exact) mass is 403 g/mol. The summed E-state index contributed by atoms with van der Waals surface area (Å²) in [5, 5.41) is 4.14. The Balaban J connectivity index is 1.98. The third kappa shape index (κ3) is 4.60. The standard InChI is InChI=1S/C19H16F3N5O2/c1-11-5-13(7-14(6-11)19(20,21)22)18-25-10-27(26-18)9-15(17(23)28)12-3-4-16(29-2)24-8-12/h3-10H,1-2H3,(H2,23,28)/b15-9+. The number of aryl methyl sites for hydroxylation is 1. The Bertz CT molecular complexity index is 1070. The van der Waals surface area contributed by atoms with E-state index in [-0.39, 0.29) is 17.0 Å². The number of hydrogen-bond acceptors (Lipinski definition) is 5. The summed E-state index contributed by atoms with van der Waals surface area (Å²) >= 11 is 0. The van der Waals surface area contributed by atoms with Crippen LogP contribution in [0.2, 0.25) is 0 Å². The number of halogens is 3. The van der Waals surface area contributed by atoms with Crippen molar-refractivity contribution in [1.29, 1.82) is 0 Å². The van der Waals surface area contributed by atoms with Crippen LogP contribution in [0, 0.1) is 6.92 Å². The van der Waals surface area contributed by atoms with E-state index in [9.17, 15) is 18.0 Å². The van der Waals surface area contributed by atoms with Gasteiger partial charge < -0.3 is 10.5 Å². The average Bonchev–Trinajstić information content (AvgIpc) is 3.14. The number of rotatable bonds is 5. The number of hydrogen-bond donors (Lipinski definition) is 1. The summed E-state index contributed by atoms with van der Waals surface area (Å²) in [5.74, 6) is -0.295. The smallest absolute Gasteiger partial charge is 0.416 e. The lowest BCUT2D eigenvalue weighted by atomic mass is 10.1. The molecule has 2 aromatic heterocycles. The van der Waals surface area contributed by atoms with E-state index < -0.39 is 17.6 Å². The predicted octanol–water partition coefficient (Wildman–Crippen LogP) is 3.16. The lowest BCUT2D eigenvalue weighted by molar-refractivity contribution is -0.137. The van der Waals surface area contributed by atoms with Gasteiger partial charge in [-0.1, -0.05) is 0 Å². The number of carbonyl (C=O) groups is 1. The lowest BCUT2D eigenvalue weighted by Crippen LogP contribution is -2.14. The molecule has 2 N–H and O–H groups in total. The van der Waals surface area contributed by atoms with Crippen LogP contribution in [0.5, 0.6) is 5.88 Å². The molecule has 0 aliphatic rings. The first-order chi connectivity index (χ1) is 13.7. The van der Waals surface area contributed by atoms with E-state index >= 15 is 0 Å². The molecule has 0 saturated heterocycles. The molecule has 3 aromatic rings. The van der Waals surface area contributed by atoms with Crippen molar-refractivity contribution >= 4 is 17.7 Å². The predicted molar refractivity (Wildman–Crippen MR) is 99.3 cm³/mol. The van der Waals surface area contributed by atoms with Gasteiger partial charge in [0.25, 0.3) is 5.91 Å². The number of benzene rings is 1. The maximum Gasteiger partial charge on any atom is 0.416 e. The molecule has 2 heterocycles. The van der Waals surface area contributed by atoms with Gasteiger partial charge in [0.15, 0.2) is 5.82 Å². The second-order valence-electron chi connectivity index (χ2n) is 6.13. The highest BCUT2D eigenvalue weighted by atomic mass is 19.4. The topological polar surface area (TPSA) is 95.9 Å². The fourth-order valence-corrected chi connectivity index (χ4v) is 2.62. The van der Waals surface area contributed by atoms with E-state index in [2.05, 4.69) is 15.1 Å². The Morgan fingerprint density at radius 2 is 1.97 bits per heavy atom. The number of ether oxygens (including phenoxy) is 1. The van der Waals surface area contributed by atoms with Gasteiger partial charge in [-0.25, -0.2) is 14.6 Å². The number of pyridine rings is 1. The van der Waals surface area contributed by atoms with E-state index in [1.165, 1.54) is 30.5 Å². The fraction of sp³-hybridized carbons (Fsp3) is 0.158. The summed E-state index contributed by atoms with van der Waals surface area (Å²) in [6, 6.07) is 6.71. The molecule has 0 spiro atoms. The van der Waals surface area contributed by atoms with Crippen LogP contribution in [-0.4, -0.2) is 32.8 Å². The number of nitrogens with zero attached hydrogens (tertiary/aromatic N) is 4. The largest absolute Gasteiger partial charge is 0.481 e. The summed E-state index contributed by atoms with van der Waals surface area (Å²) in [6.07, 6.45) is -0.485. The third-order valence-corrected chi connectivity index (χ3v) is 3.95. The molecule has 29 heavy (non-hydrogen) atoms. The Labute approximate surface area is 163 Å². The van der Waals surface area contributed by atoms with Crippen molar-refractivity contribution < 1.29 is 22.7 Å². The number of methoxy groups -OCH3 is 1. The van der Waals surface area contributed by atoms with Crippen molar-refractivity contribution in [3.05, 3.63) is 59.5 Å². The lowest BCUT2D eigenvalue weighted by Gasteiger charge is -2.09. The maximum atomic E-state index is 13.0. The second-order valence-corrected chi connectivity index (χ2v) is 6.13. The number of primary amides is 1. The molecule has 1 aromatic carbocycles. The minimum absolute atomic E-state index is 0.0760. The summed E-state index contributed by atoms with van der Waals surface area (Å²) in [5.41, 5.74) is 5.79. The molecule has 0 aliphatic carbocycles. The van der Waals surface area contributed by atoms with Gasteiger partial charge in [-0.15, -0.1) is 5.10 Å².